The van der Waals surface area contributed by atoms with Gasteiger partial charge in [-0.05, 0) is 48.6 Å². The number of hydrogen-bond acceptors (Lipinski definition) is 4. The normalized spacial score (nSPS) is 20.0. The van der Waals surface area contributed by atoms with E-state index in [9.17, 15) is 18.0 Å². The highest BCUT2D eigenvalue weighted by Crippen LogP contribution is 2.45. The van der Waals surface area contributed by atoms with Gasteiger partial charge in [0.1, 0.15) is 17.6 Å². The van der Waals surface area contributed by atoms with Crippen molar-refractivity contribution in [3.05, 3.63) is 58.1 Å². The first kappa shape index (κ1) is 19.6. The number of benzene rings is 2. The van der Waals surface area contributed by atoms with Gasteiger partial charge in [-0.1, -0.05) is 12.1 Å². The Morgan fingerprint density at radius 1 is 1.28 bits per heavy atom. The second kappa shape index (κ2) is 7.28. The van der Waals surface area contributed by atoms with Gasteiger partial charge in [-0.25, -0.2) is 0 Å². The van der Waals surface area contributed by atoms with Crippen molar-refractivity contribution < 1.29 is 32.2 Å². The molecule has 1 aliphatic carbocycles. The lowest BCUT2D eigenvalue weighted by molar-refractivity contribution is -0.141. The van der Waals surface area contributed by atoms with Crippen LogP contribution in [0.25, 0.3) is 0 Å². The summed E-state index contributed by atoms with van der Waals surface area (Å²) >= 11 is 0. The second-order valence-corrected chi connectivity index (χ2v) is 7.46. The monoisotopic (exact) mass is 406 g/mol. The van der Waals surface area contributed by atoms with Gasteiger partial charge >= 0.3 is 12.1 Å². The van der Waals surface area contributed by atoms with Crippen LogP contribution >= 0.6 is 0 Å². The molecule has 0 aromatic heterocycles. The van der Waals surface area contributed by atoms with E-state index in [4.69, 9.17) is 14.2 Å². The van der Waals surface area contributed by atoms with Gasteiger partial charge in [0.25, 0.3) is 0 Å². The SMILES string of the molecule is COC(=O)CC1COc2cc(O[C@@H]3CCc4c3cccc4C(F)(F)F)cc(C)c21. The van der Waals surface area contributed by atoms with Crippen LogP contribution in [-0.2, 0) is 22.1 Å². The molecule has 7 heteroatoms. The first-order chi connectivity index (χ1) is 13.8. The number of aryl methyl sites for hydroxylation is 1. The van der Waals surface area contributed by atoms with Crippen LogP contribution in [0.2, 0.25) is 0 Å². The molecule has 0 spiro atoms. The summed E-state index contributed by atoms with van der Waals surface area (Å²) in [6.07, 6.45) is -3.74. The van der Waals surface area contributed by atoms with Crippen LogP contribution in [-0.4, -0.2) is 19.7 Å². The van der Waals surface area contributed by atoms with E-state index in [1.165, 1.54) is 13.2 Å². The summed E-state index contributed by atoms with van der Waals surface area (Å²) < 4.78 is 56.3. The van der Waals surface area contributed by atoms with Crippen molar-refractivity contribution in [1.29, 1.82) is 0 Å². The van der Waals surface area contributed by atoms with E-state index >= 15 is 0 Å². The molecule has 1 unspecified atom stereocenters. The maximum Gasteiger partial charge on any atom is 0.416 e. The molecule has 29 heavy (non-hydrogen) atoms. The van der Waals surface area contributed by atoms with E-state index in [2.05, 4.69) is 0 Å². The van der Waals surface area contributed by atoms with E-state index < -0.39 is 17.8 Å². The minimum Gasteiger partial charge on any atom is -0.492 e. The average Bonchev–Trinajstić information content (AvgIpc) is 3.25. The Balaban J connectivity index is 1.58. The summed E-state index contributed by atoms with van der Waals surface area (Å²) in [6.45, 7) is 2.30. The van der Waals surface area contributed by atoms with Gasteiger partial charge in [0, 0.05) is 17.5 Å². The van der Waals surface area contributed by atoms with Crippen molar-refractivity contribution in [2.45, 2.75) is 44.4 Å². The fraction of sp³-hybridized carbons (Fsp3) is 0.409. The molecule has 0 bridgehead atoms. The zero-order valence-corrected chi connectivity index (χ0v) is 16.1. The van der Waals surface area contributed by atoms with E-state index in [0.717, 1.165) is 17.2 Å². The zero-order chi connectivity index (χ0) is 20.8. The lowest BCUT2D eigenvalue weighted by Gasteiger charge is -2.18. The first-order valence-corrected chi connectivity index (χ1v) is 9.47. The lowest BCUT2D eigenvalue weighted by atomic mass is 9.93. The summed E-state index contributed by atoms with van der Waals surface area (Å²) in [5, 5.41) is 0. The Hall–Kier alpha value is -2.70. The Morgan fingerprint density at radius 2 is 2.07 bits per heavy atom. The Labute approximate surface area is 166 Å². The maximum atomic E-state index is 13.3. The number of rotatable bonds is 4. The lowest BCUT2D eigenvalue weighted by Crippen LogP contribution is -2.10. The number of halogens is 3. The minimum atomic E-state index is -4.37. The minimum absolute atomic E-state index is 0.0759. The van der Waals surface area contributed by atoms with Gasteiger partial charge in [-0.3, -0.25) is 4.79 Å². The molecule has 0 radical (unpaired) electrons. The number of carbonyl (C=O) groups excluding carboxylic acids is 1. The molecule has 1 heterocycles. The number of carbonyl (C=O) groups is 1. The summed E-state index contributed by atoms with van der Waals surface area (Å²) in [5.74, 6) is 0.827. The quantitative estimate of drug-likeness (QED) is 0.662. The highest BCUT2D eigenvalue weighted by atomic mass is 19.4. The first-order valence-electron chi connectivity index (χ1n) is 9.47. The summed E-state index contributed by atoms with van der Waals surface area (Å²) in [7, 11) is 1.35. The number of alkyl halides is 3. The topological polar surface area (TPSA) is 44.8 Å². The van der Waals surface area contributed by atoms with E-state index in [-0.39, 0.29) is 18.3 Å². The number of methoxy groups -OCH3 is 1. The largest absolute Gasteiger partial charge is 0.492 e. The standard InChI is InChI=1S/C22H21F3O4/c1-12-8-14(10-19-21(12)13(11-28-19)9-20(26)27-2)29-18-7-6-15-16(18)4-3-5-17(15)22(23,24)25/h3-5,8,10,13,18H,6-7,9,11H2,1-2H3/t13?,18-/m1/s1. The Kier molecular flexibility index (Phi) is 4.92. The summed E-state index contributed by atoms with van der Waals surface area (Å²) in [4.78, 5) is 11.6. The highest BCUT2D eigenvalue weighted by Gasteiger charge is 2.38. The van der Waals surface area contributed by atoms with Gasteiger partial charge in [-0.15, -0.1) is 0 Å². The average molecular weight is 406 g/mol. The predicted octanol–water partition coefficient (Wildman–Crippen LogP) is 5.12. The zero-order valence-electron chi connectivity index (χ0n) is 16.1. The fourth-order valence-corrected chi connectivity index (χ4v) is 4.33. The van der Waals surface area contributed by atoms with Gasteiger partial charge < -0.3 is 14.2 Å². The van der Waals surface area contributed by atoms with Crippen LogP contribution in [0.15, 0.2) is 30.3 Å². The summed E-state index contributed by atoms with van der Waals surface area (Å²) in [6, 6.07) is 7.85. The third-order valence-electron chi connectivity index (χ3n) is 5.61. The highest BCUT2D eigenvalue weighted by molar-refractivity contribution is 5.71. The molecular formula is C22H21F3O4. The van der Waals surface area contributed by atoms with Crippen LogP contribution in [0.1, 0.15) is 52.7 Å². The van der Waals surface area contributed by atoms with Crippen molar-refractivity contribution in [1.82, 2.24) is 0 Å². The number of ether oxygens (including phenoxy) is 3. The van der Waals surface area contributed by atoms with Crippen molar-refractivity contribution in [2.24, 2.45) is 0 Å². The van der Waals surface area contributed by atoms with Crippen molar-refractivity contribution in [3.8, 4) is 11.5 Å². The molecule has 154 valence electrons. The Morgan fingerprint density at radius 3 is 2.79 bits per heavy atom. The molecular weight excluding hydrogens is 385 g/mol. The molecule has 4 rings (SSSR count). The molecule has 2 atom stereocenters. The molecule has 0 amide bonds. The van der Waals surface area contributed by atoms with E-state index in [0.29, 0.717) is 42.1 Å². The van der Waals surface area contributed by atoms with Crippen molar-refractivity contribution in [2.75, 3.05) is 13.7 Å². The summed E-state index contributed by atoms with van der Waals surface area (Å²) in [5.41, 5.74) is 2.19. The molecule has 0 saturated carbocycles. The van der Waals surface area contributed by atoms with Gasteiger partial charge in [0.15, 0.2) is 0 Å². The van der Waals surface area contributed by atoms with Gasteiger partial charge in [0.05, 0.1) is 25.7 Å². The Bertz CT molecular complexity index is 952. The third kappa shape index (κ3) is 3.66. The molecule has 2 aromatic rings. The van der Waals surface area contributed by atoms with Crippen LogP contribution in [0.3, 0.4) is 0 Å². The fourth-order valence-electron chi connectivity index (χ4n) is 4.33. The predicted molar refractivity (Wildman–Crippen MR) is 99.2 cm³/mol. The van der Waals surface area contributed by atoms with Crippen LogP contribution in [0.4, 0.5) is 13.2 Å². The van der Waals surface area contributed by atoms with Gasteiger partial charge in [-0.2, -0.15) is 13.2 Å². The molecule has 1 aliphatic heterocycles. The second-order valence-electron chi connectivity index (χ2n) is 7.46. The third-order valence-corrected chi connectivity index (χ3v) is 5.61. The molecule has 2 aromatic carbocycles. The van der Waals surface area contributed by atoms with Crippen molar-refractivity contribution in [3.63, 3.8) is 0 Å². The smallest absolute Gasteiger partial charge is 0.416 e. The molecule has 0 fully saturated rings. The maximum absolute atomic E-state index is 13.3. The molecule has 4 nitrogen and oxygen atoms in total. The van der Waals surface area contributed by atoms with E-state index in [1.54, 1.807) is 12.1 Å². The van der Waals surface area contributed by atoms with Crippen molar-refractivity contribution >= 4 is 5.97 Å². The van der Waals surface area contributed by atoms with Gasteiger partial charge in [0.2, 0.25) is 0 Å². The van der Waals surface area contributed by atoms with Crippen LogP contribution < -0.4 is 9.47 Å². The molecule has 0 saturated heterocycles. The number of esters is 1. The van der Waals surface area contributed by atoms with Crippen LogP contribution in [0, 0.1) is 6.92 Å². The van der Waals surface area contributed by atoms with E-state index in [1.807, 2.05) is 13.0 Å². The number of fused-ring (bicyclic) bond motifs is 2. The molecule has 0 N–H and O–H groups in total. The number of hydrogen-bond donors (Lipinski definition) is 0. The molecule has 2 aliphatic rings. The van der Waals surface area contributed by atoms with Crippen LogP contribution in [0.5, 0.6) is 11.5 Å².